The number of carbonyl (C=O) groups excluding carboxylic acids is 2. The van der Waals surface area contributed by atoms with Crippen LogP contribution in [0.2, 0.25) is 0 Å². The molecule has 33 heavy (non-hydrogen) atoms. The molecule has 1 saturated heterocycles. The number of nitrogens with one attached hydrogen (secondary N) is 2. The Morgan fingerprint density at radius 3 is 2.30 bits per heavy atom. The van der Waals surface area contributed by atoms with E-state index in [2.05, 4.69) is 48.5 Å². The van der Waals surface area contributed by atoms with Gasteiger partial charge in [0, 0.05) is 29.7 Å². The first-order chi connectivity index (χ1) is 15.8. The van der Waals surface area contributed by atoms with Crippen molar-refractivity contribution in [3.63, 3.8) is 0 Å². The van der Waals surface area contributed by atoms with E-state index < -0.39 is 6.04 Å². The lowest BCUT2D eigenvalue weighted by Gasteiger charge is -2.38. The highest BCUT2D eigenvalue weighted by Crippen LogP contribution is 2.32. The van der Waals surface area contributed by atoms with Crippen molar-refractivity contribution < 1.29 is 9.59 Å². The van der Waals surface area contributed by atoms with E-state index in [1.807, 2.05) is 24.3 Å². The second kappa shape index (κ2) is 10.0. The van der Waals surface area contributed by atoms with Gasteiger partial charge >= 0.3 is 0 Å². The highest BCUT2D eigenvalue weighted by Gasteiger charge is 2.38. The minimum absolute atomic E-state index is 0.00397. The molecule has 1 aromatic heterocycles. The SMILES string of the molecule is CC(C)(C)c1ccc(N(C(=O)C2CCN2)C(C(=O)NC2CCCCC2)c2cccnc2)cc1. The Bertz CT molecular complexity index is 942. The average Bonchev–Trinajstić information content (AvgIpc) is 2.77. The van der Waals surface area contributed by atoms with Crippen LogP contribution in [0.4, 0.5) is 5.69 Å². The molecule has 2 fully saturated rings. The molecule has 2 aromatic rings. The van der Waals surface area contributed by atoms with Gasteiger partial charge in [0.25, 0.3) is 0 Å². The number of benzene rings is 1. The molecule has 1 aliphatic carbocycles. The molecular weight excluding hydrogens is 412 g/mol. The molecule has 0 radical (unpaired) electrons. The maximum absolute atomic E-state index is 13.7. The van der Waals surface area contributed by atoms with Gasteiger partial charge in [0.1, 0.15) is 6.04 Å². The second-order valence-corrected chi connectivity index (χ2v) is 10.3. The Morgan fingerprint density at radius 1 is 1.06 bits per heavy atom. The Hall–Kier alpha value is -2.73. The quantitative estimate of drug-likeness (QED) is 0.692. The Kier molecular flexibility index (Phi) is 7.13. The highest BCUT2D eigenvalue weighted by atomic mass is 16.2. The molecule has 176 valence electrons. The topological polar surface area (TPSA) is 74.3 Å². The molecule has 2 amide bonds. The number of carbonyl (C=O) groups is 2. The summed E-state index contributed by atoms with van der Waals surface area (Å²) < 4.78 is 0. The summed E-state index contributed by atoms with van der Waals surface area (Å²) in [6.07, 6.45) is 9.63. The minimum atomic E-state index is -0.768. The summed E-state index contributed by atoms with van der Waals surface area (Å²) in [6.45, 7) is 7.32. The molecule has 2 atom stereocenters. The van der Waals surface area contributed by atoms with Gasteiger partial charge in [-0.2, -0.15) is 0 Å². The van der Waals surface area contributed by atoms with E-state index in [-0.39, 0.29) is 29.3 Å². The molecule has 2 heterocycles. The van der Waals surface area contributed by atoms with E-state index in [4.69, 9.17) is 0 Å². The van der Waals surface area contributed by atoms with Crippen LogP contribution >= 0.6 is 0 Å². The van der Waals surface area contributed by atoms with Crippen molar-refractivity contribution in [1.29, 1.82) is 0 Å². The van der Waals surface area contributed by atoms with Crippen molar-refractivity contribution in [2.45, 2.75) is 82.8 Å². The van der Waals surface area contributed by atoms with Gasteiger partial charge in [-0.25, -0.2) is 0 Å². The first kappa shape index (κ1) is 23.4. The summed E-state index contributed by atoms with van der Waals surface area (Å²) >= 11 is 0. The van der Waals surface area contributed by atoms with Crippen molar-refractivity contribution >= 4 is 17.5 Å². The highest BCUT2D eigenvalue weighted by molar-refractivity contribution is 6.04. The first-order valence-electron chi connectivity index (χ1n) is 12.2. The first-order valence-corrected chi connectivity index (χ1v) is 12.2. The maximum atomic E-state index is 13.7. The van der Waals surface area contributed by atoms with Crippen LogP contribution < -0.4 is 15.5 Å². The molecule has 4 rings (SSSR count). The molecule has 0 spiro atoms. The van der Waals surface area contributed by atoms with E-state index in [1.54, 1.807) is 17.3 Å². The predicted octanol–water partition coefficient (Wildman–Crippen LogP) is 4.26. The molecule has 2 N–H and O–H groups in total. The number of hydrogen-bond acceptors (Lipinski definition) is 4. The smallest absolute Gasteiger partial charge is 0.248 e. The third-order valence-corrected chi connectivity index (χ3v) is 6.83. The molecule has 1 saturated carbocycles. The molecule has 1 aromatic carbocycles. The lowest BCUT2D eigenvalue weighted by molar-refractivity contribution is -0.128. The van der Waals surface area contributed by atoms with Gasteiger partial charge in [-0.15, -0.1) is 0 Å². The molecule has 6 heteroatoms. The fourth-order valence-electron chi connectivity index (χ4n) is 4.68. The number of rotatable bonds is 6. The zero-order valence-corrected chi connectivity index (χ0v) is 20.0. The van der Waals surface area contributed by atoms with Crippen LogP contribution in [0, 0.1) is 0 Å². The number of pyridine rings is 1. The lowest BCUT2D eigenvalue weighted by atomic mass is 9.87. The minimum Gasteiger partial charge on any atom is -0.351 e. The largest absolute Gasteiger partial charge is 0.351 e. The summed E-state index contributed by atoms with van der Waals surface area (Å²) in [7, 11) is 0. The fourth-order valence-corrected chi connectivity index (χ4v) is 4.68. The van der Waals surface area contributed by atoms with Gasteiger partial charge in [-0.05, 0) is 55.0 Å². The van der Waals surface area contributed by atoms with Crippen molar-refractivity contribution in [3.05, 3.63) is 59.9 Å². The van der Waals surface area contributed by atoms with E-state index in [1.165, 1.54) is 12.0 Å². The van der Waals surface area contributed by atoms with Crippen LogP contribution in [0.3, 0.4) is 0 Å². The third-order valence-electron chi connectivity index (χ3n) is 6.83. The normalized spacial score (nSPS) is 19.9. The zero-order valence-electron chi connectivity index (χ0n) is 20.0. The van der Waals surface area contributed by atoms with Crippen LogP contribution in [0.15, 0.2) is 48.8 Å². The van der Waals surface area contributed by atoms with Crippen molar-refractivity contribution in [1.82, 2.24) is 15.6 Å². The Balaban J connectivity index is 1.72. The molecule has 6 nitrogen and oxygen atoms in total. The van der Waals surface area contributed by atoms with Gasteiger partial charge in [0.2, 0.25) is 11.8 Å². The fraction of sp³-hybridized carbons (Fsp3) is 0.519. The number of aromatic nitrogens is 1. The molecule has 1 aliphatic heterocycles. The summed E-state index contributed by atoms with van der Waals surface area (Å²) in [4.78, 5) is 33.4. The summed E-state index contributed by atoms with van der Waals surface area (Å²) in [5.74, 6) is -0.208. The predicted molar refractivity (Wildman–Crippen MR) is 131 cm³/mol. The second-order valence-electron chi connectivity index (χ2n) is 10.3. The van der Waals surface area contributed by atoms with Crippen molar-refractivity contribution in [2.24, 2.45) is 0 Å². The van der Waals surface area contributed by atoms with Crippen molar-refractivity contribution in [3.8, 4) is 0 Å². The standard InChI is InChI=1S/C27H36N4O2/c1-27(2,3)20-11-13-22(14-12-20)31(26(33)23-15-17-29-23)24(19-8-7-16-28-18-19)25(32)30-21-9-5-4-6-10-21/h7-8,11-14,16,18,21,23-24,29H,4-6,9-10,15,17H2,1-3H3,(H,30,32). The van der Waals surface area contributed by atoms with Gasteiger partial charge in [0.15, 0.2) is 0 Å². The van der Waals surface area contributed by atoms with Crippen molar-refractivity contribution in [2.75, 3.05) is 11.4 Å². The monoisotopic (exact) mass is 448 g/mol. The van der Waals surface area contributed by atoms with E-state index >= 15 is 0 Å². The lowest BCUT2D eigenvalue weighted by Crippen LogP contribution is -2.57. The molecule has 2 unspecified atom stereocenters. The summed E-state index contributed by atoms with van der Waals surface area (Å²) in [5, 5.41) is 6.47. The zero-order chi connectivity index (χ0) is 23.4. The van der Waals surface area contributed by atoms with Gasteiger partial charge in [-0.1, -0.05) is 58.2 Å². The molecule has 0 bridgehead atoms. The number of amides is 2. The van der Waals surface area contributed by atoms with Crippen LogP contribution in [0.5, 0.6) is 0 Å². The van der Waals surface area contributed by atoms with E-state index in [9.17, 15) is 9.59 Å². The summed E-state index contributed by atoms with van der Waals surface area (Å²) in [5.41, 5.74) is 2.64. The maximum Gasteiger partial charge on any atom is 0.248 e. The Labute approximate surface area is 197 Å². The summed E-state index contributed by atoms with van der Waals surface area (Å²) in [6, 6.07) is 10.9. The van der Waals surface area contributed by atoms with Crippen LogP contribution in [-0.4, -0.2) is 35.4 Å². The number of nitrogens with zero attached hydrogens (tertiary/aromatic N) is 2. The number of hydrogen-bond donors (Lipinski definition) is 2. The van der Waals surface area contributed by atoms with E-state index in [0.29, 0.717) is 0 Å². The third kappa shape index (κ3) is 5.44. The van der Waals surface area contributed by atoms with Crippen LogP contribution in [0.1, 0.15) is 76.5 Å². The number of anilines is 1. The molecular formula is C27H36N4O2. The van der Waals surface area contributed by atoms with Gasteiger partial charge < -0.3 is 10.6 Å². The van der Waals surface area contributed by atoms with Crippen LogP contribution in [-0.2, 0) is 15.0 Å². The van der Waals surface area contributed by atoms with Crippen LogP contribution in [0.25, 0.3) is 0 Å². The Morgan fingerprint density at radius 2 is 1.76 bits per heavy atom. The average molecular weight is 449 g/mol. The van der Waals surface area contributed by atoms with Gasteiger partial charge in [-0.3, -0.25) is 19.5 Å². The van der Waals surface area contributed by atoms with E-state index in [0.717, 1.165) is 49.9 Å². The van der Waals surface area contributed by atoms with Gasteiger partial charge in [0.05, 0.1) is 6.04 Å². The molecule has 2 aliphatic rings.